The highest BCUT2D eigenvalue weighted by molar-refractivity contribution is 5.97. The maximum Gasteiger partial charge on any atom is 0.328 e. The van der Waals surface area contributed by atoms with Gasteiger partial charge in [-0.2, -0.15) is 0 Å². The summed E-state index contributed by atoms with van der Waals surface area (Å²) in [6.07, 6.45) is 0.0842. The van der Waals surface area contributed by atoms with Crippen molar-refractivity contribution in [3.63, 3.8) is 0 Å². The van der Waals surface area contributed by atoms with Crippen LogP contribution in [-0.4, -0.2) is 38.1 Å². The van der Waals surface area contributed by atoms with Crippen molar-refractivity contribution >= 4 is 23.5 Å². The molecule has 0 radical (unpaired) electrons. The van der Waals surface area contributed by atoms with Crippen molar-refractivity contribution < 1.29 is 23.9 Å². The molecule has 114 valence electrons. The van der Waals surface area contributed by atoms with E-state index in [9.17, 15) is 14.4 Å². The van der Waals surface area contributed by atoms with E-state index in [1.165, 1.54) is 20.3 Å². The van der Waals surface area contributed by atoms with Gasteiger partial charge in [0.1, 0.15) is 6.04 Å². The molecule has 0 fully saturated rings. The fourth-order valence-corrected chi connectivity index (χ4v) is 1.68. The summed E-state index contributed by atoms with van der Waals surface area (Å²) in [4.78, 5) is 34.8. The molecule has 3 N–H and O–H groups in total. The number of methoxy groups -OCH3 is 2. The van der Waals surface area contributed by atoms with Gasteiger partial charge in [0, 0.05) is 17.7 Å². The molecular formula is C14H18N2O5. The fourth-order valence-electron chi connectivity index (χ4n) is 1.68. The number of carbonyl (C=O) groups is 3. The van der Waals surface area contributed by atoms with Crippen LogP contribution in [0.15, 0.2) is 24.3 Å². The molecule has 0 heterocycles. The molecule has 0 aliphatic carbocycles. The van der Waals surface area contributed by atoms with E-state index in [0.717, 1.165) is 0 Å². The highest BCUT2D eigenvalue weighted by Crippen LogP contribution is 2.08. The fraction of sp³-hybridized carbons (Fsp3) is 0.357. The van der Waals surface area contributed by atoms with E-state index in [0.29, 0.717) is 11.3 Å². The minimum atomic E-state index is -0.928. The number of rotatable bonds is 6. The van der Waals surface area contributed by atoms with Crippen molar-refractivity contribution in [2.24, 2.45) is 0 Å². The van der Waals surface area contributed by atoms with E-state index >= 15 is 0 Å². The summed E-state index contributed by atoms with van der Waals surface area (Å²) in [5.41, 5.74) is 6.35. The molecule has 1 atom stereocenters. The van der Waals surface area contributed by atoms with Gasteiger partial charge in [-0.05, 0) is 24.6 Å². The van der Waals surface area contributed by atoms with E-state index in [4.69, 9.17) is 5.73 Å². The van der Waals surface area contributed by atoms with Gasteiger partial charge in [-0.15, -0.1) is 0 Å². The molecule has 0 aliphatic rings. The lowest BCUT2D eigenvalue weighted by Crippen LogP contribution is -2.41. The SMILES string of the molecule is COC(=O)CC[C@@H](NC(=O)c1cccc(N)c1)C(=O)OC. The average Bonchev–Trinajstić information content (AvgIpc) is 2.49. The summed E-state index contributed by atoms with van der Waals surface area (Å²) >= 11 is 0. The van der Waals surface area contributed by atoms with Crippen LogP contribution >= 0.6 is 0 Å². The molecular weight excluding hydrogens is 276 g/mol. The minimum absolute atomic E-state index is 0.00647. The van der Waals surface area contributed by atoms with Gasteiger partial charge in [0.05, 0.1) is 14.2 Å². The monoisotopic (exact) mass is 294 g/mol. The highest BCUT2D eigenvalue weighted by atomic mass is 16.5. The molecule has 0 aromatic heterocycles. The number of hydrogen-bond donors (Lipinski definition) is 2. The summed E-state index contributed by atoms with van der Waals surface area (Å²) in [6, 6.07) is 5.41. The van der Waals surface area contributed by atoms with Gasteiger partial charge in [0.25, 0.3) is 5.91 Å². The van der Waals surface area contributed by atoms with Crippen molar-refractivity contribution in [2.75, 3.05) is 20.0 Å². The van der Waals surface area contributed by atoms with Crippen LogP contribution in [0.3, 0.4) is 0 Å². The third-order valence-electron chi connectivity index (χ3n) is 2.80. The summed E-state index contributed by atoms with van der Waals surface area (Å²) in [6.45, 7) is 0. The maximum atomic E-state index is 12.1. The van der Waals surface area contributed by atoms with E-state index < -0.39 is 23.9 Å². The van der Waals surface area contributed by atoms with Gasteiger partial charge in [-0.1, -0.05) is 6.07 Å². The second kappa shape index (κ2) is 7.88. The van der Waals surface area contributed by atoms with E-state index in [2.05, 4.69) is 14.8 Å². The number of anilines is 1. The quantitative estimate of drug-likeness (QED) is 0.584. The lowest BCUT2D eigenvalue weighted by Gasteiger charge is -2.16. The maximum absolute atomic E-state index is 12.1. The van der Waals surface area contributed by atoms with Crippen molar-refractivity contribution in [2.45, 2.75) is 18.9 Å². The zero-order valence-electron chi connectivity index (χ0n) is 11.9. The van der Waals surface area contributed by atoms with Gasteiger partial charge in [0.2, 0.25) is 0 Å². The topological polar surface area (TPSA) is 108 Å². The van der Waals surface area contributed by atoms with Crippen LogP contribution in [0.5, 0.6) is 0 Å². The van der Waals surface area contributed by atoms with Crippen LogP contribution in [0.4, 0.5) is 5.69 Å². The van der Waals surface area contributed by atoms with Crippen molar-refractivity contribution in [3.05, 3.63) is 29.8 Å². The van der Waals surface area contributed by atoms with Crippen LogP contribution in [-0.2, 0) is 19.1 Å². The molecule has 0 unspecified atom stereocenters. The molecule has 1 rings (SSSR count). The molecule has 0 aliphatic heterocycles. The largest absolute Gasteiger partial charge is 0.469 e. The summed E-state index contributed by atoms with van der Waals surface area (Å²) in [5.74, 6) is -1.57. The summed E-state index contributed by atoms with van der Waals surface area (Å²) in [7, 11) is 2.46. The third-order valence-corrected chi connectivity index (χ3v) is 2.80. The number of carbonyl (C=O) groups excluding carboxylic acids is 3. The number of benzene rings is 1. The Bertz CT molecular complexity index is 530. The lowest BCUT2D eigenvalue weighted by molar-refractivity contribution is -0.144. The van der Waals surface area contributed by atoms with Crippen molar-refractivity contribution in [1.82, 2.24) is 5.32 Å². The Morgan fingerprint density at radius 2 is 1.95 bits per heavy atom. The molecule has 1 aromatic rings. The second-order valence-corrected chi connectivity index (χ2v) is 4.29. The Hall–Kier alpha value is -2.57. The first-order chi connectivity index (χ1) is 9.97. The molecule has 0 saturated carbocycles. The Kier molecular flexibility index (Phi) is 6.19. The number of nitrogens with one attached hydrogen (secondary N) is 1. The third kappa shape index (κ3) is 5.13. The number of amides is 1. The average molecular weight is 294 g/mol. The summed E-state index contributed by atoms with van der Waals surface area (Å²) < 4.78 is 9.11. The first kappa shape index (κ1) is 16.5. The molecule has 1 amide bonds. The van der Waals surface area contributed by atoms with Crippen molar-refractivity contribution in [1.29, 1.82) is 0 Å². The highest BCUT2D eigenvalue weighted by Gasteiger charge is 2.23. The predicted molar refractivity (Wildman–Crippen MR) is 75.4 cm³/mol. The second-order valence-electron chi connectivity index (χ2n) is 4.29. The number of nitrogen functional groups attached to an aromatic ring is 1. The Balaban J connectivity index is 2.73. The molecule has 7 nitrogen and oxygen atoms in total. The molecule has 7 heteroatoms. The van der Waals surface area contributed by atoms with E-state index in [1.54, 1.807) is 18.2 Å². The Morgan fingerprint density at radius 1 is 1.24 bits per heavy atom. The first-order valence-corrected chi connectivity index (χ1v) is 6.29. The Labute approximate surface area is 122 Å². The standard InChI is InChI=1S/C14H18N2O5/c1-20-12(17)7-6-11(14(19)21-2)16-13(18)9-4-3-5-10(15)8-9/h3-5,8,11H,6-7,15H2,1-2H3,(H,16,18)/t11-/m1/s1. The van der Waals surface area contributed by atoms with E-state index in [-0.39, 0.29) is 12.8 Å². The van der Waals surface area contributed by atoms with Crippen LogP contribution < -0.4 is 11.1 Å². The number of hydrogen-bond acceptors (Lipinski definition) is 6. The van der Waals surface area contributed by atoms with E-state index in [1.807, 2.05) is 0 Å². The van der Waals surface area contributed by atoms with Gasteiger partial charge in [-0.25, -0.2) is 4.79 Å². The molecule has 0 bridgehead atoms. The number of esters is 2. The van der Waals surface area contributed by atoms with Gasteiger partial charge in [0.15, 0.2) is 0 Å². The smallest absolute Gasteiger partial charge is 0.328 e. The zero-order valence-corrected chi connectivity index (χ0v) is 11.9. The van der Waals surface area contributed by atoms with Crippen LogP contribution in [0, 0.1) is 0 Å². The number of ether oxygens (including phenoxy) is 2. The molecule has 21 heavy (non-hydrogen) atoms. The Morgan fingerprint density at radius 3 is 2.52 bits per heavy atom. The van der Waals surface area contributed by atoms with Crippen molar-refractivity contribution in [3.8, 4) is 0 Å². The zero-order chi connectivity index (χ0) is 15.8. The first-order valence-electron chi connectivity index (χ1n) is 6.29. The van der Waals surface area contributed by atoms with Gasteiger partial charge >= 0.3 is 11.9 Å². The van der Waals surface area contributed by atoms with Gasteiger partial charge in [-0.3, -0.25) is 9.59 Å². The normalized spacial score (nSPS) is 11.3. The molecule has 0 saturated heterocycles. The number of nitrogens with two attached hydrogens (primary N) is 1. The van der Waals surface area contributed by atoms with Crippen LogP contribution in [0.2, 0.25) is 0 Å². The summed E-state index contributed by atoms with van der Waals surface area (Å²) in [5, 5.41) is 2.51. The minimum Gasteiger partial charge on any atom is -0.469 e. The molecule has 0 spiro atoms. The lowest BCUT2D eigenvalue weighted by atomic mass is 10.1. The van der Waals surface area contributed by atoms with Crippen LogP contribution in [0.1, 0.15) is 23.2 Å². The predicted octanol–water partition coefficient (Wildman–Crippen LogP) is 0.493. The molecule has 1 aromatic carbocycles. The van der Waals surface area contributed by atoms with Gasteiger partial charge < -0.3 is 20.5 Å². The van der Waals surface area contributed by atoms with Crippen LogP contribution in [0.25, 0.3) is 0 Å².